The number of imidazole rings is 1. The lowest BCUT2D eigenvalue weighted by Crippen LogP contribution is -2.13. The molecule has 0 aliphatic heterocycles. The second kappa shape index (κ2) is 4.95. The highest BCUT2D eigenvalue weighted by Gasteiger charge is 2.14. The summed E-state index contributed by atoms with van der Waals surface area (Å²) < 4.78 is 11.7. The predicted octanol–water partition coefficient (Wildman–Crippen LogP) is 1.19. The Hall–Kier alpha value is -2.24. The van der Waals surface area contributed by atoms with Gasteiger partial charge in [-0.3, -0.25) is 9.36 Å². The van der Waals surface area contributed by atoms with Crippen LogP contribution < -0.4 is 10.5 Å². The highest BCUT2D eigenvalue weighted by Crippen LogP contribution is 2.26. The maximum atomic E-state index is 11.3. The Bertz CT molecular complexity index is 577. The topological polar surface area (TPSA) is 79.4 Å². The number of nitrogen functional groups attached to an aromatic ring is 1. The molecule has 0 saturated heterocycles. The number of para-hydroxylation sites is 1. The van der Waals surface area contributed by atoms with Gasteiger partial charge in [-0.2, -0.15) is 0 Å². The molecule has 0 saturated carbocycles. The lowest BCUT2D eigenvalue weighted by molar-refractivity contribution is -0.141. The molecular formula is C12H15N3O3. The third-order valence-corrected chi connectivity index (χ3v) is 2.59. The number of aromatic nitrogens is 2. The van der Waals surface area contributed by atoms with Gasteiger partial charge >= 0.3 is 5.97 Å². The number of carbonyl (C=O) groups is 1. The first-order valence-electron chi connectivity index (χ1n) is 5.61. The number of esters is 1. The van der Waals surface area contributed by atoms with Crippen LogP contribution in [0.4, 0.5) is 5.95 Å². The molecule has 2 N–H and O–H groups in total. The van der Waals surface area contributed by atoms with Gasteiger partial charge in [0.1, 0.15) is 17.8 Å². The van der Waals surface area contributed by atoms with Crippen molar-refractivity contribution in [2.45, 2.75) is 13.5 Å². The fourth-order valence-corrected chi connectivity index (χ4v) is 1.77. The molecule has 6 heteroatoms. The second-order valence-electron chi connectivity index (χ2n) is 3.69. The summed E-state index contributed by atoms with van der Waals surface area (Å²) in [4.78, 5) is 15.6. The first kappa shape index (κ1) is 12.2. The molecule has 1 aromatic heterocycles. The van der Waals surface area contributed by atoms with Gasteiger partial charge in [-0.1, -0.05) is 6.07 Å². The Morgan fingerprint density at radius 1 is 1.50 bits per heavy atom. The lowest BCUT2D eigenvalue weighted by Gasteiger charge is -2.05. The molecule has 0 unspecified atom stereocenters. The first-order valence-corrected chi connectivity index (χ1v) is 5.61. The maximum Gasteiger partial charge on any atom is 0.325 e. The average molecular weight is 249 g/mol. The molecule has 0 bridgehead atoms. The minimum absolute atomic E-state index is 0.0361. The molecular weight excluding hydrogens is 234 g/mol. The molecule has 2 rings (SSSR count). The summed E-state index contributed by atoms with van der Waals surface area (Å²) in [6.07, 6.45) is 0. The van der Waals surface area contributed by atoms with Crippen LogP contribution in [0.25, 0.3) is 11.0 Å². The van der Waals surface area contributed by atoms with Crippen LogP contribution in [0.3, 0.4) is 0 Å². The number of ether oxygens (including phenoxy) is 2. The van der Waals surface area contributed by atoms with Crippen molar-refractivity contribution >= 4 is 23.0 Å². The molecule has 6 nitrogen and oxygen atoms in total. The van der Waals surface area contributed by atoms with Gasteiger partial charge in [0.2, 0.25) is 5.95 Å². The van der Waals surface area contributed by atoms with E-state index in [1.165, 1.54) is 7.11 Å². The Balaban J connectivity index is 2.51. The van der Waals surface area contributed by atoms with E-state index < -0.39 is 0 Å². The number of anilines is 1. The number of nitrogens with two attached hydrogens (primary N) is 1. The Labute approximate surface area is 104 Å². The molecule has 0 spiro atoms. The van der Waals surface area contributed by atoms with Crippen LogP contribution in [0, 0.1) is 0 Å². The van der Waals surface area contributed by atoms with Crippen molar-refractivity contribution in [1.82, 2.24) is 9.55 Å². The van der Waals surface area contributed by atoms with E-state index in [2.05, 4.69) is 9.72 Å². The van der Waals surface area contributed by atoms with E-state index in [0.29, 0.717) is 17.9 Å². The summed E-state index contributed by atoms with van der Waals surface area (Å²) in [7, 11) is 1.34. The number of hydrogen-bond acceptors (Lipinski definition) is 5. The van der Waals surface area contributed by atoms with Crippen molar-refractivity contribution < 1.29 is 14.3 Å². The van der Waals surface area contributed by atoms with Gasteiger partial charge in [-0.25, -0.2) is 4.98 Å². The van der Waals surface area contributed by atoms with E-state index in [4.69, 9.17) is 10.5 Å². The number of carbonyl (C=O) groups excluding carboxylic acids is 1. The van der Waals surface area contributed by atoms with Crippen molar-refractivity contribution in [3.63, 3.8) is 0 Å². The van der Waals surface area contributed by atoms with Gasteiger partial charge in [-0.15, -0.1) is 0 Å². The zero-order chi connectivity index (χ0) is 13.1. The minimum atomic E-state index is -0.372. The van der Waals surface area contributed by atoms with E-state index in [0.717, 1.165) is 5.52 Å². The average Bonchev–Trinajstić information content (AvgIpc) is 2.68. The number of hydrogen-bond donors (Lipinski definition) is 1. The van der Waals surface area contributed by atoms with E-state index in [-0.39, 0.29) is 18.5 Å². The molecule has 0 aliphatic rings. The van der Waals surface area contributed by atoms with Crippen molar-refractivity contribution in [3.05, 3.63) is 18.2 Å². The number of nitrogens with zero attached hydrogens (tertiary/aromatic N) is 2. The smallest absolute Gasteiger partial charge is 0.325 e. The fourth-order valence-electron chi connectivity index (χ4n) is 1.77. The molecule has 1 aromatic carbocycles. The lowest BCUT2D eigenvalue weighted by atomic mass is 10.3. The number of benzene rings is 1. The van der Waals surface area contributed by atoms with Gasteiger partial charge in [0.15, 0.2) is 0 Å². The van der Waals surface area contributed by atoms with Crippen molar-refractivity contribution in [3.8, 4) is 5.75 Å². The fraction of sp³-hybridized carbons (Fsp3) is 0.333. The van der Waals surface area contributed by atoms with Gasteiger partial charge < -0.3 is 15.2 Å². The minimum Gasteiger partial charge on any atom is -0.492 e. The summed E-state index contributed by atoms with van der Waals surface area (Å²) in [5.41, 5.74) is 7.22. The molecule has 0 atom stereocenters. The molecule has 18 heavy (non-hydrogen) atoms. The summed E-state index contributed by atoms with van der Waals surface area (Å²) in [5.74, 6) is 0.552. The van der Waals surface area contributed by atoms with Crippen LogP contribution in [0.15, 0.2) is 18.2 Å². The van der Waals surface area contributed by atoms with Crippen molar-refractivity contribution in [2.75, 3.05) is 19.5 Å². The van der Waals surface area contributed by atoms with Crippen molar-refractivity contribution in [1.29, 1.82) is 0 Å². The zero-order valence-corrected chi connectivity index (χ0v) is 10.3. The monoisotopic (exact) mass is 249 g/mol. The van der Waals surface area contributed by atoms with E-state index in [1.54, 1.807) is 4.57 Å². The van der Waals surface area contributed by atoms with Gasteiger partial charge in [0.25, 0.3) is 0 Å². The second-order valence-corrected chi connectivity index (χ2v) is 3.69. The summed E-state index contributed by atoms with van der Waals surface area (Å²) in [6.45, 7) is 2.48. The molecule has 0 aliphatic carbocycles. The Morgan fingerprint density at radius 2 is 2.28 bits per heavy atom. The SMILES string of the molecule is CCOc1cccc2c1nc(N)n2CC(=O)OC. The Morgan fingerprint density at radius 3 is 2.94 bits per heavy atom. The number of rotatable bonds is 4. The first-order chi connectivity index (χ1) is 8.67. The summed E-state index contributed by atoms with van der Waals surface area (Å²) in [6, 6.07) is 5.49. The summed E-state index contributed by atoms with van der Waals surface area (Å²) in [5, 5.41) is 0. The van der Waals surface area contributed by atoms with E-state index in [9.17, 15) is 4.79 Å². The van der Waals surface area contributed by atoms with Gasteiger partial charge in [0.05, 0.1) is 19.2 Å². The molecule has 0 amide bonds. The normalized spacial score (nSPS) is 10.6. The largest absolute Gasteiger partial charge is 0.492 e. The van der Waals surface area contributed by atoms with Crippen LogP contribution in [-0.2, 0) is 16.1 Å². The number of methoxy groups -OCH3 is 1. The van der Waals surface area contributed by atoms with Crippen LogP contribution in [-0.4, -0.2) is 29.2 Å². The third-order valence-electron chi connectivity index (χ3n) is 2.59. The molecule has 0 fully saturated rings. The summed E-state index contributed by atoms with van der Waals surface area (Å²) >= 11 is 0. The van der Waals surface area contributed by atoms with Crippen LogP contribution in [0.5, 0.6) is 5.75 Å². The van der Waals surface area contributed by atoms with E-state index in [1.807, 2.05) is 25.1 Å². The van der Waals surface area contributed by atoms with E-state index >= 15 is 0 Å². The standard InChI is InChI=1S/C12H15N3O3/c1-3-18-9-6-4-5-8-11(9)14-12(13)15(8)7-10(16)17-2/h4-6H,3,7H2,1-2H3,(H2,13,14). The van der Waals surface area contributed by atoms with Crippen LogP contribution >= 0.6 is 0 Å². The molecule has 2 aromatic rings. The maximum absolute atomic E-state index is 11.3. The predicted molar refractivity (Wildman–Crippen MR) is 67.3 cm³/mol. The third kappa shape index (κ3) is 2.09. The quantitative estimate of drug-likeness (QED) is 0.823. The zero-order valence-electron chi connectivity index (χ0n) is 10.3. The Kier molecular flexibility index (Phi) is 3.36. The molecule has 1 heterocycles. The van der Waals surface area contributed by atoms with Gasteiger partial charge in [0, 0.05) is 0 Å². The van der Waals surface area contributed by atoms with Gasteiger partial charge in [-0.05, 0) is 19.1 Å². The van der Waals surface area contributed by atoms with Crippen LogP contribution in [0.2, 0.25) is 0 Å². The highest BCUT2D eigenvalue weighted by molar-refractivity contribution is 5.85. The van der Waals surface area contributed by atoms with Crippen molar-refractivity contribution in [2.24, 2.45) is 0 Å². The van der Waals surface area contributed by atoms with Crippen LogP contribution in [0.1, 0.15) is 6.92 Å². The molecule has 0 radical (unpaired) electrons. The highest BCUT2D eigenvalue weighted by atomic mass is 16.5. The number of fused-ring (bicyclic) bond motifs is 1. The molecule has 96 valence electrons.